The van der Waals surface area contributed by atoms with Crippen molar-refractivity contribution in [2.45, 2.75) is 13.8 Å². The van der Waals surface area contributed by atoms with Crippen molar-refractivity contribution < 1.29 is 14.8 Å². The Bertz CT molecular complexity index is 587. The molecule has 0 spiro atoms. The molecule has 1 aromatic carbocycles. The molecule has 1 rings (SSSR count). The summed E-state index contributed by atoms with van der Waals surface area (Å²) in [5, 5.41) is 25.0. The van der Waals surface area contributed by atoms with E-state index in [1.165, 1.54) is 0 Å². The van der Waals surface area contributed by atoms with E-state index in [1.54, 1.807) is 55.7 Å². The molecule has 0 saturated heterocycles. The zero-order valence-electron chi connectivity index (χ0n) is 15.6. The number of carbonyl (C=O) groups excluding carboxylic acids is 1. The van der Waals surface area contributed by atoms with Gasteiger partial charge < -0.3 is 10.1 Å². The van der Waals surface area contributed by atoms with Gasteiger partial charge in [0.25, 0.3) is 6.47 Å². The fourth-order valence-corrected chi connectivity index (χ4v) is 1.35. The first-order chi connectivity index (χ1) is 12.1. The molecule has 0 aliphatic heterocycles. The van der Waals surface area contributed by atoms with Crippen LogP contribution in [0, 0.1) is 0 Å². The van der Waals surface area contributed by atoms with Gasteiger partial charge in [0.15, 0.2) is 5.75 Å². The summed E-state index contributed by atoms with van der Waals surface area (Å²) in [6.45, 7) is 4.60. The van der Waals surface area contributed by atoms with E-state index in [9.17, 15) is 4.79 Å². The van der Waals surface area contributed by atoms with Crippen LogP contribution in [0.15, 0.2) is 43.9 Å². The van der Waals surface area contributed by atoms with Gasteiger partial charge in [0.05, 0.1) is 12.7 Å². The topological polar surface area (TPSA) is 111 Å². The fraction of sp³-hybridized carbons (Fsp3) is 0.467. The third-order valence-corrected chi connectivity index (χ3v) is 2.32. The van der Waals surface area contributed by atoms with Gasteiger partial charge in [-0.05, 0) is 12.1 Å². The lowest BCUT2D eigenvalue weighted by molar-refractivity contribution is -0.497. The zero-order chi connectivity index (χ0) is 19.1. The van der Waals surface area contributed by atoms with Crippen molar-refractivity contribution in [1.29, 1.82) is 0 Å². The fourth-order valence-electron chi connectivity index (χ4n) is 1.35. The highest BCUT2D eigenvalue weighted by atomic mass is 16.5. The Hall–Kier alpha value is -2.88. The molecular formula is C15H27N8O2+. The first-order valence-corrected chi connectivity index (χ1v) is 7.80. The van der Waals surface area contributed by atoms with Crippen LogP contribution >= 0.6 is 0 Å². The van der Waals surface area contributed by atoms with Crippen molar-refractivity contribution in [3.63, 3.8) is 0 Å². The number of hydrogen-bond acceptors (Lipinski definition) is 8. The number of nitrogens with zero attached hydrogens (tertiary/aromatic N) is 7. The van der Waals surface area contributed by atoms with Crippen LogP contribution in [0.1, 0.15) is 13.8 Å². The van der Waals surface area contributed by atoms with Crippen molar-refractivity contribution in [3.8, 4) is 5.75 Å². The van der Waals surface area contributed by atoms with Crippen molar-refractivity contribution in [3.05, 3.63) is 18.2 Å². The summed E-state index contributed by atoms with van der Waals surface area (Å²) < 4.78 is 4.91. The van der Waals surface area contributed by atoms with E-state index in [0.29, 0.717) is 17.8 Å². The van der Waals surface area contributed by atoms with Gasteiger partial charge in [0.2, 0.25) is 6.34 Å². The maximum absolute atomic E-state index is 10.6. The van der Waals surface area contributed by atoms with Crippen LogP contribution in [0.2, 0.25) is 0 Å². The summed E-state index contributed by atoms with van der Waals surface area (Å²) in [6.07, 6.45) is 1.65. The molecule has 0 saturated carbocycles. The summed E-state index contributed by atoms with van der Waals surface area (Å²) in [5.74, 6) is 0.256. The molecule has 0 heterocycles. The highest BCUT2D eigenvalue weighted by molar-refractivity contribution is 5.62. The Kier molecular flexibility index (Phi) is 12.0. The second kappa shape index (κ2) is 13.5. The van der Waals surface area contributed by atoms with Gasteiger partial charge in [0.1, 0.15) is 12.4 Å². The molecule has 1 aromatic rings. The summed E-state index contributed by atoms with van der Waals surface area (Å²) >= 11 is 0. The molecule has 0 radical (unpaired) electrons. The molecular weight excluding hydrogens is 324 g/mol. The van der Waals surface area contributed by atoms with E-state index in [-0.39, 0.29) is 12.4 Å². The molecule has 0 unspecified atom stereocenters. The average molecular weight is 351 g/mol. The Morgan fingerprint density at radius 2 is 1.92 bits per heavy atom. The van der Waals surface area contributed by atoms with Crippen LogP contribution in [0.3, 0.4) is 0 Å². The van der Waals surface area contributed by atoms with Crippen molar-refractivity contribution in [2.75, 3.05) is 34.9 Å². The molecule has 0 bridgehead atoms. The minimum absolute atomic E-state index is 0.256. The summed E-state index contributed by atoms with van der Waals surface area (Å²) in [5.41, 5.74) is 0.954. The third-order valence-electron chi connectivity index (χ3n) is 2.32. The van der Waals surface area contributed by atoms with E-state index in [0.717, 1.165) is 0 Å². The van der Waals surface area contributed by atoms with Crippen molar-refractivity contribution in [1.82, 2.24) is 10.0 Å². The quantitative estimate of drug-likeness (QED) is 0.241. The van der Waals surface area contributed by atoms with Gasteiger partial charge in [-0.15, -0.1) is 10.2 Å². The van der Waals surface area contributed by atoms with E-state index in [2.05, 4.69) is 25.7 Å². The van der Waals surface area contributed by atoms with Gasteiger partial charge in [-0.2, -0.15) is 10.2 Å². The van der Waals surface area contributed by atoms with Gasteiger partial charge in [-0.25, -0.2) is 0 Å². The molecule has 0 aromatic heterocycles. The Labute approximate surface area is 148 Å². The second-order valence-corrected chi connectivity index (χ2v) is 4.54. The minimum atomic E-state index is 0.256. The van der Waals surface area contributed by atoms with Crippen LogP contribution < -0.4 is 10.1 Å². The van der Waals surface area contributed by atoms with Gasteiger partial charge >= 0.3 is 0 Å². The summed E-state index contributed by atoms with van der Waals surface area (Å²) in [7, 11) is 7.15. The number of hydrazone groups is 1. The molecule has 0 aliphatic carbocycles. The Balaban J connectivity index is 0.00000277. The summed E-state index contributed by atoms with van der Waals surface area (Å²) in [6, 6.07) is 4.91. The molecule has 0 aliphatic rings. The monoisotopic (exact) mass is 351 g/mol. The lowest BCUT2D eigenvalue weighted by atomic mass is 10.2. The molecule has 10 nitrogen and oxygen atoms in total. The zero-order valence-corrected chi connectivity index (χ0v) is 15.6. The molecule has 0 amide bonds. The predicted molar refractivity (Wildman–Crippen MR) is 96.2 cm³/mol. The number of carbonyl (C=O) groups is 1. The van der Waals surface area contributed by atoms with Gasteiger partial charge in [-0.1, -0.05) is 19.1 Å². The maximum Gasteiger partial charge on any atom is 0.298 e. The average Bonchev–Trinajstić information content (AvgIpc) is 2.61. The number of azo groups is 1. The Morgan fingerprint density at radius 1 is 1.20 bits per heavy atom. The third kappa shape index (κ3) is 9.76. The molecule has 0 atom stereocenters. The predicted octanol–water partition coefficient (Wildman–Crippen LogP) is 1.92. The number of benzene rings is 1. The van der Waals surface area contributed by atoms with Crippen LogP contribution in [0.5, 0.6) is 5.75 Å². The number of rotatable bonds is 9. The van der Waals surface area contributed by atoms with Crippen LogP contribution in [-0.2, 0) is 4.79 Å². The van der Waals surface area contributed by atoms with E-state index in [4.69, 9.17) is 4.74 Å². The summed E-state index contributed by atoms with van der Waals surface area (Å²) in [4.78, 5) is 10.6. The number of ether oxygens (including phenoxy) is 1. The molecule has 138 valence electrons. The first-order valence-electron chi connectivity index (χ1n) is 7.80. The first kappa shape index (κ1) is 22.1. The lowest BCUT2D eigenvalue weighted by Gasteiger charge is -2.07. The number of hydrogen-bond donors (Lipinski definition) is 1. The van der Waals surface area contributed by atoms with Crippen LogP contribution in [0.4, 0.5) is 11.4 Å². The van der Waals surface area contributed by atoms with E-state index in [1.807, 2.05) is 26.2 Å². The van der Waals surface area contributed by atoms with Crippen LogP contribution in [0.25, 0.3) is 0 Å². The highest BCUT2D eigenvalue weighted by Crippen LogP contribution is 2.32. The minimum Gasteiger partial charge on any atom is -0.426 e. The molecule has 0 fully saturated rings. The van der Waals surface area contributed by atoms with Crippen molar-refractivity contribution in [2.24, 2.45) is 25.7 Å². The number of nitrogens with two attached hydrogens (primary N) is 1. The van der Waals surface area contributed by atoms with Gasteiger partial charge in [0, 0.05) is 27.2 Å². The second-order valence-electron chi connectivity index (χ2n) is 4.54. The smallest absolute Gasteiger partial charge is 0.298 e. The van der Waals surface area contributed by atoms with Gasteiger partial charge in [-0.3, -0.25) is 14.8 Å². The molecule has 25 heavy (non-hydrogen) atoms. The highest BCUT2D eigenvalue weighted by Gasteiger charge is 2.05. The largest absolute Gasteiger partial charge is 0.426 e. The number of quaternary nitrogens is 1. The standard InChI is InChI=1S/C13H20N8O2.C2H6/c1-14-8-16-21(4)9-15-18-12-6-5-11(17-19-20(2)3)7-13(12)23-10-22;1-2/h5-8,10H,9H2,1-4H3,(H,14,16);1-2H3/p+1. The SMILES string of the molecule is CC.C[NH2+]/C=N\N(C)CN=Nc1ccc(N=NN(C)C)cc1OC=O. The molecule has 2 N–H and O–H groups in total. The Morgan fingerprint density at radius 3 is 2.52 bits per heavy atom. The maximum atomic E-state index is 10.6. The molecule has 10 heteroatoms. The normalized spacial score (nSPS) is 10.8. The lowest BCUT2D eigenvalue weighted by Crippen LogP contribution is -2.78. The van der Waals surface area contributed by atoms with Crippen molar-refractivity contribution >= 4 is 24.2 Å². The van der Waals surface area contributed by atoms with E-state index >= 15 is 0 Å². The van der Waals surface area contributed by atoms with Crippen LogP contribution in [-0.4, -0.2) is 57.7 Å². The van der Waals surface area contributed by atoms with E-state index < -0.39 is 0 Å².